The third kappa shape index (κ3) is 4.18. The molecule has 1 aromatic carbocycles. The summed E-state index contributed by atoms with van der Waals surface area (Å²) < 4.78 is 1.51. The number of benzene rings is 1. The molecule has 8 heteroatoms. The zero-order valence-corrected chi connectivity index (χ0v) is 16.1. The first-order valence-corrected chi connectivity index (χ1v) is 9.68. The van der Waals surface area contributed by atoms with Gasteiger partial charge in [-0.2, -0.15) is 9.61 Å². The summed E-state index contributed by atoms with van der Waals surface area (Å²) in [5.41, 5.74) is 2.32. The summed E-state index contributed by atoms with van der Waals surface area (Å²) in [6, 6.07) is 13.6. The van der Waals surface area contributed by atoms with E-state index >= 15 is 0 Å². The molecule has 3 heterocycles. The van der Waals surface area contributed by atoms with E-state index in [4.69, 9.17) is 0 Å². The second-order valence-corrected chi connectivity index (χ2v) is 7.13. The van der Waals surface area contributed by atoms with Gasteiger partial charge in [0.15, 0.2) is 5.65 Å². The highest BCUT2D eigenvalue weighted by atomic mass is 16.2. The van der Waals surface area contributed by atoms with Gasteiger partial charge in [-0.15, -0.1) is 10.2 Å². The van der Waals surface area contributed by atoms with Crippen LogP contribution >= 0.6 is 0 Å². The maximum absolute atomic E-state index is 12.6. The summed E-state index contributed by atoms with van der Waals surface area (Å²) in [6.07, 6.45) is 0.912. The van der Waals surface area contributed by atoms with Crippen molar-refractivity contribution in [3.63, 3.8) is 0 Å². The molecule has 1 amide bonds. The van der Waals surface area contributed by atoms with Gasteiger partial charge in [0.2, 0.25) is 5.82 Å². The lowest BCUT2D eigenvalue weighted by Gasteiger charge is -2.32. The first-order chi connectivity index (χ1) is 13.7. The Kier molecular flexibility index (Phi) is 5.59. The molecule has 4 rings (SSSR count). The zero-order chi connectivity index (χ0) is 19.3. The Hall–Kier alpha value is -2.84. The molecule has 0 radical (unpaired) electrons. The lowest BCUT2D eigenvalue weighted by molar-refractivity contribution is 0.0936. The van der Waals surface area contributed by atoms with Crippen molar-refractivity contribution < 1.29 is 4.79 Å². The molecule has 8 nitrogen and oxygen atoms in total. The molecule has 0 bridgehead atoms. The van der Waals surface area contributed by atoms with Gasteiger partial charge in [-0.3, -0.25) is 4.79 Å². The van der Waals surface area contributed by atoms with E-state index in [1.165, 1.54) is 4.52 Å². The Balaban J connectivity index is 1.37. The van der Waals surface area contributed by atoms with Crippen molar-refractivity contribution in [2.24, 2.45) is 0 Å². The second kappa shape index (κ2) is 8.45. The van der Waals surface area contributed by atoms with Gasteiger partial charge < -0.3 is 15.1 Å². The van der Waals surface area contributed by atoms with Gasteiger partial charge in [0.05, 0.1) is 5.69 Å². The van der Waals surface area contributed by atoms with Gasteiger partial charge in [-0.1, -0.05) is 30.3 Å². The summed E-state index contributed by atoms with van der Waals surface area (Å²) in [5.74, 6) is -0.0315. The van der Waals surface area contributed by atoms with Crippen LogP contribution in [0.1, 0.15) is 17.0 Å². The molecular formula is C20H25N7O. The molecule has 1 N–H and O–H groups in total. The zero-order valence-electron chi connectivity index (χ0n) is 16.1. The molecule has 1 aliphatic heterocycles. The smallest absolute Gasteiger partial charge is 0.291 e. The number of fused-ring (bicyclic) bond motifs is 1. The van der Waals surface area contributed by atoms with Crippen LogP contribution in [0.3, 0.4) is 0 Å². The number of aromatic nitrogens is 4. The summed E-state index contributed by atoms with van der Waals surface area (Å²) in [5, 5.41) is 15.6. The maximum atomic E-state index is 12.6. The number of nitrogens with zero attached hydrogens (tertiary/aromatic N) is 6. The predicted octanol–water partition coefficient (Wildman–Crippen LogP) is 1.16. The lowest BCUT2D eigenvalue weighted by Crippen LogP contribution is -2.45. The van der Waals surface area contributed by atoms with Crippen LogP contribution in [-0.4, -0.2) is 81.8 Å². The maximum Gasteiger partial charge on any atom is 0.291 e. The summed E-state index contributed by atoms with van der Waals surface area (Å²) >= 11 is 0. The van der Waals surface area contributed by atoms with E-state index in [1.807, 2.05) is 42.5 Å². The molecule has 0 unspecified atom stereocenters. The number of carbonyl (C=O) groups excluding carboxylic acids is 1. The molecule has 0 saturated carbocycles. The highest BCUT2D eigenvalue weighted by Crippen LogP contribution is 2.16. The topological polar surface area (TPSA) is 78.7 Å². The van der Waals surface area contributed by atoms with Crippen LogP contribution in [0.15, 0.2) is 42.5 Å². The molecule has 28 heavy (non-hydrogen) atoms. The Labute approximate surface area is 164 Å². The lowest BCUT2D eigenvalue weighted by atomic mass is 10.1. The standard InChI is InChI=1S/C20H25N7O/c1-25-12-14-26(15-13-25)11-5-10-21-20(28)19-23-22-18-9-8-17(24-27(18)19)16-6-3-2-4-7-16/h2-4,6-9H,5,10-15H2,1H3,(H,21,28). The van der Waals surface area contributed by atoms with Gasteiger partial charge in [0.1, 0.15) is 0 Å². The quantitative estimate of drug-likeness (QED) is 0.648. The van der Waals surface area contributed by atoms with E-state index in [9.17, 15) is 4.79 Å². The fraction of sp³-hybridized carbons (Fsp3) is 0.400. The van der Waals surface area contributed by atoms with Crippen molar-refractivity contribution in [3.8, 4) is 11.3 Å². The van der Waals surface area contributed by atoms with Crippen molar-refractivity contribution in [1.82, 2.24) is 34.9 Å². The van der Waals surface area contributed by atoms with Crippen LogP contribution < -0.4 is 5.32 Å². The Bertz CT molecular complexity index is 932. The Morgan fingerprint density at radius 3 is 2.61 bits per heavy atom. The first kappa shape index (κ1) is 18.5. The van der Waals surface area contributed by atoms with Crippen molar-refractivity contribution in [1.29, 1.82) is 0 Å². The number of piperazine rings is 1. The highest BCUT2D eigenvalue weighted by Gasteiger charge is 2.17. The minimum atomic E-state index is -0.247. The normalized spacial score (nSPS) is 15.8. The number of carbonyl (C=O) groups is 1. The monoisotopic (exact) mass is 379 g/mol. The molecule has 146 valence electrons. The second-order valence-electron chi connectivity index (χ2n) is 7.13. The van der Waals surface area contributed by atoms with Crippen molar-refractivity contribution in [3.05, 3.63) is 48.3 Å². The average Bonchev–Trinajstić information content (AvgIpc) is 3.16. The minimum Gasteiger partial charge on any atom is -0.349 e. The minimum absolute atomic E-state index is 0.215. The number of rotatable bonds is 6. The van der Waals surface area contributed by atoms with Crippen LogP contribution in [-0.2, 0) is 0 Å². The number of hydrogen-bond donors (Lipinski definition) is 1. The molecule has 0 spiro atoms. The van der Waals surface area contributed by atoms with Crippen molar-refractivity contribution in [2.75, 3.05) is 46.3 Å². The van der Waals surface area contributed by atoms with Crippen LogP contribution in [0.4, 0.5) is 0 Å². The third-order valence-electron chi connectivity index (χ3n) is 5.07. The van der Waals surface area contributed by atoms with Gasteiger partial charge >= 0.3 is 0 Å². The largest absolute Gasteiger partial charge is 0.349 e. The van der Waals surface area contributed by atoms with Crippen LogP contribution in [0.5, 0.6) is 0 Å². The fourth-order valence-electron chi connectivity index (χ4n) is 3.35. The van der Waals surface area contributed by atoms with Crippen molar-refractivity contribution >= 4 is 11.6 Å². The van der Waals surface area contributed by atoms with Crippen molar-refractivity contribution in [2.45, 2.75) is 6.42 Å². The summed E-state index contributed by atoms with van der Waals surface area (Å²) in [6.45, 7) is 5.99. The summed E-state index contributed by atoms with van der Waals surface area (Å²) in [7, 11) is 2.15. The average molecular weight is 379 g/mol. The number of amides is 1. The van der Waals surface area contributed by atoms with E-state index < -0.39 is 0 Å². The first-order valence-electron chi connectivity index (χ1n) is 9.68. The Morgan fingerprint density at radius 1 is 1.04 bits per heavy atom. The molecule has 0 aliphatic carbocycles. The van der Waals surface area contributed by atoms with E-state index in [2.05, 4.69) is 37.5 Å². The summed E-state index contributed by atoms with van der Waals surface area (Å²) in [4.78, 5) is 17.3. The molecule has 1 aliphatic rings. The predicted molar refractivity (Wildman–Crippen MR) is 107 cm³/mol. The van der Waals surface area contributed by atoms with Crippen LogP contribution in [0, 0.1) is 0 Å². The van der Waals surface area contributed by atoms with E-state index in [0.29, 0.717) is 12.2 Å². The van der Waals surface area contributed by atoms with Crippen LogP contribution in [0.25, 0.3) is 16.9 Å². The van der Waals surface area contributed by atoms with Gasteiger partial charge in [0.25, 0.3) is 5.91 Å². The van der Waals surface area contributed by atoms with E-state index in [0.717, 1.165) is 50.4 Å². The van der Waals surface area contributed by atoms with E-state index in [-0.39, 0.29) is 11.7 Å². The van der Waals surface area contributed by atoms with Crippen LogP contribution in [0.2, 0.25) is 0 Å². The van der Waals surface area contributed by atoms with Gasteiger partial charge in [0, 0.05) is 38.3 Å². The highest BCUT2D eigenvalue weighted by molar-refractivity contribution is 5.91. The molecule has 2 aromatic heterocycles. The number of hydrogen-bond acceptors (Lipinski definition) is 6. The fourth-order valence-corrected chi connectivity index (χ4v) is 3.35. The molecule has 1 saturated heterocycles. The third-order valence-corrected chi connectivity index (χ3v) is 5.07. The molecule has 1 fully saturated rings. The molecule has 0 atom stereocenters. The number of nitrogens with one attached hydrogen (secondary N) is 1. The van der Waals surface area contributed by atoms with Gasteiger partial charge in [-0.05, 0) is 32.1 Å². The Morgan fingerprint density at radius 2 is 1.82 bits per heavy atom. The van der Waals surface area contributed by atoms with Gasteiger partial charge in [-0.25, -0.2) is 0 Å². The molecule has 3 aromatic rings. The SMILES string of the molecule is CN1CCN(CCCNC(=O)c2nnc3ccc(-c4ccccc4)nn23)CC1. The van der Waals surface area contributed by atoms with E-state index in [1.54, 1.807) is 0 Å². The molecular weight excluding hydrogens is 354 g/mol. The number of likely N-dealkylation sites (N-methyl/N-ethyl adjacent to an activating group) is 1.